The molecule has 1 heterocycles. The van der Waals surface area contributed by atoms with Gasteiger partial charge in [0, 0.05) is 22.7 Å². The molecule has 17 heavy (non-hydrogen) atoms. The number of hydrogen-bond donors (Lipinski definition) is 1. The van der Waals surface area contributed by atoms with Crippen LogP contribution in [0.5, 0.6) is 5.75 Å². The third kappa shape index (κ3) is 2.08. The first-order valence-electron chi connectivity index (χ1n) is 5.44. The van der Waals surface area contributed by atoms with Gasteiger partial charge in [0.15, 0.2) is 0 Å². The van der Waals surface area contributed by atoms with Crippen molar-refractivity contribution in [2.24, 2.45) is 5.73 Å². The summed E-state index contributed by atoms with van der Waals surface area (Å²) in [4.78, 5) is 4.46. The molecule has 0 saturated carbocycles. The minimum absolute atomic E-state index is 0.157. The van der Waals surface area contributed by atoms with Crippen molar-refractivity contribution in [2.45, 2.75) is 19.9 Å². The fourth-order valence-corrected chi connectivity index (χ4v) is 2.40. The topological polar surface area (TPSA) is 48.1 Å². The van der Waals surface area contributed by atoms with Gasteiger partial charge in [0.05, 0.1) is 17.6 Å². The standard InChI is InChI=1S/C13H15ClN2O/c1-7-6-9(14)13-10(16-7)4-5-11(17-3)12(13)8(2)15/h4-6,8H,15H2,1-3H3. The maximum atomic E-state index is 6.29. The van der Waals surface area contributed by atoms with Crippen LogP contribution in [0.4, 0.5) is 0 Å². The van der Waals surface area contributed by atoms with Crippen LogP contribution in [0, 0.1) is 6.92 Å². The number of nitrogens with two attached hydrogens (primary N) is 1. The van der Waals surface area contributed by atoms with Gasteiger partial charge in [0.2, 0.25) is 0 Å². The number of methoxy groups -OCH3 is 1. The summed E-state index contributed by atoms with van der Waals surface area (Å²) in [5, 5.41) is 1.55. The second kappa shape index (κ2) is 4.51. The molecule has 0 aliphatic rings. The molecule has 3 nitrogen and oxygen atoms in total. The van der Waals surface area contributed by atoms with Gasteiger partial charge in [-0.05, 0) is 32.0 Å². The van der Waals surface area contributed by atoms with E-state index >= 15 is 0 Å². The molecule has 0 aliphatic carbocycles. The average molecular weight is 251 g/mol. The van der Waals surface area contributed by atoms with Gasteiger partial charge < -0.3 is 10.5 Å². The Morgan fingerprint density at radius 3 is 2.71 bits per heavy atom. The second-order valence-corrected chi connectivity index (χ2v) is 4.52. The smallest absolute Gasteiger partial charge is 0.124 e. The van der Waals surface area contributed by atoms with Gasteiger partial charge in [-0.25, -0.2) is 0 Å². The van der Waals surface area contributed by atoms with E-state index in [1.807, 2.05) is 32.0 Å². The van der Waals surface area contributed by atoms with Crippen LogP contribution < -0.4 is 10.5 Å². The molecular weight excluding hydrogens is 236 g/mol. The molecule has 0 fully saturated rings. The van der Waals surface area contributed by atoms with Crippen LogP contribution >= 0.6 is 11.6 Å². The molecule has 2 rings (SSSR count). The quantitative estimate of drug-likeness (QED) is 0.890. The van der Waals surface area contributed by atoms with Crippen LogP contribution in [0.2, 0.25) is 5.02 Å². The number of ether oxygens (including phenoxy) is 1. The minimum atomic E-state index is -0.157. The Bertz CT molecular complexity index is 567. The van der Waals surface area contributed by atoms with E-state index < -0.39 is 0 Å². The van der Waals surface area contributed by atoms with Crippen molar-refractivity contribution in [1.29, 1.82) is 0 Å². The van der Waals surface area contributed by atoms with Gasteiger partial charge in [-0.15, -0.1) is 0 Å². The van der Waals surface area contributed by atoms with Crippen molar-refractivity contribution in [3.05, 3.63) is 34.5 Å². The predicted octanol–water partition coefficient (Wildman–Crippen LogP) is 3.22. The van der Waals surface area contributed by atoms with Crippen molar-refractivity contribution < 1.29 is 4.74 Å². The normalized spacial score (nSPS) is 12.8. The Hall–Kier alpha value is -1.32. The van der Waals surface area contributed by atoms with Gasteiger partial charge in [-0.2, -0.15) is 0 Å². The molecule has 90 valence electrons. The Morgan fingerprint density at radius 2 is 2.12 bits per heavy atom. The molecule has 1 aromatic carbocycles. The third-order valence-corrected chi connectivity index (χ3v) is 3.03. The number of nitrogens with zero attached hydrogens (tertiary/aromatic N) is 1. The van der Waals surface area contributed by atoms with Gasteiger partial charge >= 0.3 is 0 Å². The molecule has 2 N–H and O–H groups in total. The van der Waals surface area contributed by atoms with Crippen LogP contribution in [0.25, 0.3) is 10.9 Å². The highest BCUT2D eigenvalue weighted by atomic mass is 35.5. The summed E-state index contributed by atoms with van der Waals surface area (Å²) in [6, 6.07) is 5.47. The maximum absolute atomic E-state index is 6.29. The van der Waals surface area contributed by atoms with E-state index in [-0.39, 0.29) is 6.04 Å². The zero-order valence-corrected chi connectivity index (χ0v) is 10.9. The van der Waals surface area contributed by atoms with E-state index in [1.54, 1.807) is 7.11 Å². The number of benzene rings is 1. The third-order valence-electron chi connectivity index (χ3n) is 2.73. The van der Waals surface area contributed by atoms with Crippen molar-refractivity contribution >= 4 is 22.5 Å². The highest BCUT2D eigenvalue weighted by molar-refractivity contribution is 6.35. The van der Waals surface area contributed by atoms with Crippen molar-refractivity contribution in [3.63, 3.8) is 0 Å². The van der Waals surface area contributed by atoms with Crippen molar-refractivity contribution in [1.82, 2.24) is 4.98 Å². The summed E-state index contributed by atoms with van der Waals surface area (Å²) >= 11 is 6.29. The van der Waals surface area contributed by atoms with Crippen LogP contribution in [-0.4, -0.2) is 12.1 Å². The molecule has 0 saturated heterocycles. The van der Waals surface area contributed by atoms with Crippen molar-refractivity contribution in [3.8, 4) is 5.75 Å². The molecule has 0 radical (unpaired) electrons. The summed E-state index contributed by atoms with van der Waals surface area (Å²) in [5.41, 5.74) is 8.64. The Balaban J connectivity index is 2.89. The van der Waals surface area contributed by atoms with E-state index in [0.717, 1.165) is 27.9 Å². The predicted molar refractivity (Wildman–Crippen MR) is 70.6 cm³/mol. The molecule has 4 heteroatoms. The SMILES string of the molecule is COc1ccc2nc(C)cc(Cl)c2c1C(C)N. The summed E-state index contributed by atoms with van der Waals surface area (Å²) in [6.07, 6.45) is 0. The van der Waals surface area contributed by atoms with Gasteiger partial charge in [-0.3, -0.25) is 4.98 Å². The second-order valence-electron chi connectivity index (χ2n) is 4.11. The van der Waals surface area contributed by atoms with E-state index in [2.05, 4.69) is 4.98 Å². The summed E-state index contributed by atoms with van der Waals surface area (Å²) < 4.78 is 5.33. The zero-order chi connectivity index (χ0) is 12.6. The van der Waals surface area contributed by atoms with Gasteiger partial charge in [-0.1, -0.05) is 11.6 Å². The van der Waals surface area contributed by atoms with Crippen LogP contribution in [0.3, 0.4) is 0 Å². The number of aromatic nitrogens is 1. The number of aryl methyl sites for hydroxylation is 1. The largest absolute Gasteiger partial charge is 0.496 e. The Morgan fingerprint density at radius 1 is 1.41 bits per heavy atom. The number of pyridine rings is 1. The molecule has 1 aromatic heterocycles. The molecule has 1 unspecified atom stereocenters. The first-order valence-corrected chi connectivity index (χ1v) is 5.81. The number of fused-ring (bicyclic) bond motifs is 1. The average Bonchev–Trinajstić information content (AvgIpc) is 2.27. The summed E-state index contributed by atoms with van der Waals surface area (Å²) in [6.45, 7) is 3.83. The van der Waals surface area contributed by atoms with E-state index in [0.29, 0.717) is 5.02 Å². The summed E-state index contributed by atoms with van der Waals surface area (Å²) in [5.74, 6) is 0.750. The fourth-order valence-electron chi connectivity index (χ4n) is 2.04. The van der Waals surface area contributed by atoms with Gasteiger partial charge in [0.25, 0.3) is 0 Å². The lowest BCUT2D eigenvalue weighted by molar-refractivity contribution is 0.408. The first kappa shape index (κ1) is 12.1. The van der Waals surface area contributed by atoms with E-state index in [4.69, 9.17) is 22.1 Å². The number of hydrogen-bond acceptors (Lipinski definition) is 3. The van der Waals surface area contributed by atoms with E-state index in [1.165, 1.54) is 0 Å². The molecule has 0 aliphatic heterocycles. The lowest BCUT2D eigenvalue weighted by atomic mass is 10.0. The molecule has 0 spiro atoms. The summed E-state index contributed by atoms with van der Waals surface area (Å²) in [7, 11) is 1.63. The lowest BCUT2D eigenvalue weighted by Crippen LogP contribution is -2.08. The molecule has 2 aromatic rings. The highest BCUT2D eigenvalue weighted by Crippen LogP contribution is 2.35. The minimum Gasteiger partial charge on any atom is -0.496 e. The maximum Gasteiger partial charge on any atom is 0.124 e. The highest BCUT2D eigenvalue weighted by Gasteiger charge is 2.15. The van der Waals surface area contributed by atoms with Crippen LogP contribution in [0.15, 0.2) is 18.2 Å². The molecule has 1 atom stereocenters. The molecular formula is C13H15ClN2O. The zero-order valence-electron chi connectivity index (χ0n) is 10.1. The van der Waals surface area contributed by atoms with Gasteiger partial charge in [0.1, 0.15) is 5.75 Å². The molecule has 0 bridgehead atoms. The molecule has 0 amide bonds. The van der Waals surface area contributed by atoms with E-state index in [9.17, 15) is 0 Å². The first-order chi connectivity index (χ1) is 8.04. The number of rotatable bonds is 2. The van der Waals surface area contributed by atoms with Crippen LogP contribution in [0.1, 0.15) is 24.2 Å². The Kier molecular flexibility index (Phi) is 3.22. The number of halogens is 1. The van der Waals surface area contributed by atoms with Crippen LogP contribution in [-0.2, 0) is 0 Å². The Labute approximate surface area is 106 Å². The lowest BCUT2D eigenvalue weighted by Gasteiger charge is -2.15. The fraction of sp³-hybridized carbons (Fsp3) is 0.308. The van der Waals surface area contributed by atoms with Crippen molar-refractivity contribution in [2.75, 3.05) is 7.11 Å². The monoisotopic (exact) mass is 250 g/mol.